The van der Waals surface area contributed by atoms with Gasteiger partial charge in [0.2, 0.25) is 0 Å². The minimum Gasteiger partial charge on any atom is -0.497 e. The molecule has 0 bridgehead atoms. The Kier molecular flexibility index (Phi) is 4.43. The minimum absolute atomic E-state index is 0.377. The molecule has 0 saturated heterocycles. The number of nitrogens with zero attached hydrogens (tertiary/aromatic N) is 1. The summed E-state index contributed by atoms with van der Waals surface area (Å²) in [6.45, 7) is 2.00. The van der Waals surface area contributed by atoms with Crippen molar-refractivity contribution in [3.05, 3.63) is 65.4 Å². The third kappa shape index (κ3) is 3.33. The van der Waals surface area contributed by atoms with Crippen molar-refractivity contribution in [2.75, 3.05) is 7.11 Å². The molecule has 128 valence electrons. The minimum atomic E-state index is -0.398. The van der Waals surface area contributed by atoms with Crippen LogP contribution in [0.2, 0.25) is 0 Å². The predicted octanol–water partition coefficient (Wildman–Crippen LogP) is 2.57. The van der Waals surface area contributed by atoms with Crippen LogP contribution in [0.3, 0.4) is 0 Å². The molecule has 0 fully saturated rings. The molecule has 2 aromatic carbocycles. The van der Waals surface area contributed by atoms with E-state index in [1.54, 1.807) is 42.0 Å². The summed E-state index contributed by atoms with van der Waals surface area (Å²) in [6.07, 6.45) is 0. The summed E-state index contributed by atoms with van der Waals surface area (Å²) in [7, 11) is 3.37. The van der Waals surface area contributed by atoms with Crippen LogP contribution in [0.15, 0.2) is 48.5 Å². The Hall–Kier alpha value is -3.28. The number of rotatable bonds is 3. The lowest BCUT2D eigenvalue weighted by atomic mass is 10.2. The fourth-order valence-corrected chi connectivity index (χ4v) is 2.68. The molecule has 0 unspecified atom stereocenters. The number of ether oxygens (including phenoxy) is 1. The molecule has 25 heavy (non-hydrogen) atoms. The van der Waals surface area contributed by atoms with Crippen LogP contribution in [0.25, 0.3) is 10.9 Å². The van der Waals surface area contributed by atoms with Gasteiger partial charge >= 0.3 is 0 Å². The van der Waals surface area contributed by atoms with Crippen molar-refractivity contribution >= 4 is 22.7 Å². The van der Waals surface area contributed by atoms with Crippen molar-refractivity contribution in [1.29, 1.82) is 0 Å². The van der Waals surface area contributed by atoms with E-state index >= 15 is 0 Å². The standard InChI is InChI=1S/C19H19N3O3/c1-12-4-9-16-14(10-12)11-17(22(16)2)19(24)21-20-18(23)13-5-7-15(25-3)8-6-13/h4-11H,1-3H3,(H,20,23)(H,21,24). The van der Waals surface area contributed by atoms with E-state index in [9.17, 15) is 9.59 Å². The van der Waals surface area contributed by atoms with Gasteiger partial charge in [0.15, 0.2) is 0 Å². The molecular formula is C19H19N3O3. The van der Waals surface area contributed by atoms with E-state index in [1.807, 2.05) is 32.2 Å². The van der Waals surface area contributed by atoms with Gasteiger partial charge in [0, 0.05) is 23.5 Å². The fourth-order valence-electron chi connectivity index (χ4n) is 2.68. The van der Waals surface area contributed by atoms with Crippen molar-refractivity contribution < 1.29 is 14.3 Å². The number of carbonyl (C=O) groups excluding carboxylic acids is 2. The Labute approximate surface area is 145 Å². The van der Waals surface area contributed by atoms with Crippen LogP contribution in [-0.2, 0) is 7.05 Å². The summed E-state index contributed by atoms with van der Waals surface area (Å²) in [4.78, 5) is 24.5. The Balaban J connectivity index is 1.71. The number of nitrogens with one attached hydrogen (secondary N) is 2. The maximum Gasteiger partial charge on any atom is 0.286 e. The number of fused-ring (bicyclic) bond motifs is 1. The zero-order valence-corrected chi connectivity index (χ0v) is 14.3. The molecule has 6 nitrogen and oxygen atoms in total. The van der Waals surface area contributed by atoms with Gasteiger partial charge < -0.3 is 9.30 Å². The molecule has 2 N–H and O–H groups in total. The lowest BCUT2D eigenvalue weighted by Gasteiger charge is -2.08. The van der Waals surface area contributed by atoms with Crippen LogP contribution in [0.1, 0.15) is 26.4 Å². The predicted molar refractivity (Wildman–Crippen MR) is 95.6 cm³/mol. The van der Waals surface area contributed by atoms with Gasteiger partial charge in [-0.3, -0.25) is 20.4 Å². The van der Waals surface area contributed by atoms with Crippen LogP contribution in [-0.4, -0.2) is 23.5 Å². The molecule has 6 heteroatoms. The number of hydrogen-bond acceptors (Lipinski definition) is 3. The van der Waals surface area contributed by atoms with Crippen molar-refractivity contribution in [1.82, 2.24) is 15.4 Å². The first-order valence-corrected chi connectivity index (χ1v) is 7.80. The van der Waals surface area contributed by atoms with Crippen LogP contribution >= 0.6 is 0 Å². The summed E-state index contributed by atoms with van der Waals surface area (Å²) in [5.74, 6) is -0.116. The van der Waals surface area contributed by atoms with Crippen LogP contribution in [0, 0.1) is 6.92 Å². The normalized spacial score (nSPS) is 10.5. The lowest BCUT2D eigenvalue weighted by molar-refractivity contribution is 0.0842. The summed E-state index contributed by atoms with van der Waals surface area (Å²) >= 11 is 0. The van der Waals surface area contributed by atoms with Gasteiger partial charge in [-0.05, 0) is 49.4 Å². The smallest absolute Gasteiger partial charge is 0.286 e. The number of carbonyl (C=O) groups is 2. The second-order valence-electron chi connectivity index (χ2n) is 5.79. The van der Waals surface area contributed by atoms with Gasteiger partial charge in [0.05, 0.1) is 7.11 Å². The average molecular weight is 337 g/mol. The lowest BCUT2D eigenvalue weighted by Crippen LogP contribution is -2.42. The van der Waals surface area contributed by atoms with E-state index in [-0.39, 0.29) is 5.91 Å². The third-order valence-corrected chi connectivity index (χ3v) is 4.07. The van der Waals surface area contributed by atoms with Crippen molar-refractivity contribution in [3.8, 4) is 5.75 Å². The van der Waals surface area contributed by atoms with Gasteiger partial charge in [0.1, 0.15) is 11.4 Å². The summed E-state index contributed by atoms with van der Waals surface area (Å²) in [5, 5.41) is 0.981. The van der Waals surface area contributed by atoms with Gasteiger partial charge in [-0.15, -0.1) is 0 Å². The fraction of sp³-hybridized carbons (Fsp3) is 0.158. The molecule has 0 atom stereocenters. The molecule has 0 radical (unpaired) electrons. The van der Waals surface area contributed by atoms with Crippen molar-refractivity contribution in [2.45, 2.75) is 6.92 Å². The van der Waals surface area contributed by atoms with E-state index in [0.29, 0.717) is 17.0 Å². The van der Waals surface area contributed by atoms with Gasteiger partial charge in [-0.2, -0.15) is 0 Å². The molecule has 3 aromatic rings. The maximum atomic E-state index is 12.4. The number of aryl methyl sites for hydroxylation is 2. The molecule has 0 spiro atoms. The van der Waals surface area contributed by atoms with Crippen molar-refractivity contribution in [2.24, 2.45) is 7.05 Å². The van der Waals surface area contributed by atoms with Crippen molar-refractivity contribution in [3.63, 3.8) is 0 Å². The molecule has 0 aliphatic heterocycles. The molecule has 3 rings (SSSR count). The highest BCUT2D eigenvalue weighted by Crippen LogP contribution is 2.20. The largest absolute Gasteiger partial charge is 0.497 e. The summed E-state index contributed by atoms with van der Waals surface area (Å²) < 4.78 is 6.85. The number of hydrazine groups is 1. The number of aromatic nitrogens is 1. The first kappa shape index (κ1) is 16.6. The summed E-state index contributed by atoms with van der Waals surface area (Å²) in [6, 6.07) is 14.4. The Bertz CT molecular complexity index is 942. The highest BCUT2D eigenvalue weighted by molar-refractivity contribution is 6.01. The van der Waals surface area contributed by atoms with E-state index in [2.05, 4.69) is 10.9 Å². The number of benzene rings is 2. The van der Waals surface area contributed by atoms with Gasteiger partial charge in [-0.1, -0.05) is 11.6 Å². The van der Waals surface area contributed by atoms with E-state index in [1.165, 1.54) is 0 Å². The van der Waals surface area contributed by atoms with Crippen LogP contribution in [0.5, 0.6) is 5.75 Å². The highest BCUT2D eigenvalue weighted by atomic mass is 16.5. The number of methoxy groups -OCH3 is 1. The monoisotopic (exact) mass is 337 g/mol. The first-order chi connectivity index (χ1) is 12.0. The second-order valence-corrected chi connectivity index (χ2v) is 5.79. The highest BCUT2D eigenvalue weighted by Gasteiger charge is 2.14. The van der Waals surface area contributed by atoms with Gasteiger partial charge in [0.25, 0.3) is 11.8 Å². The summed E-state index contributed by atoms with van der Waals surface area (Å²) in [5.41, 5.74) is 7.85. The molecular weight excluding hydrogens is 318 g/mol. The second kappa shape index (κ2) is 6.68. The Morgan fingerprint density at radius 3 is 2.32 bits per heavy atom. The number of hydrogen-bond donors (Lipinski definition) is 2. The first-order valence-electron chi connectivity index (χ1n) is 7.80. The van der Waals surface area contributed by atoms with E-state index < -0.39 is 5.91 Å². The molecule has 0 aliphatic carbocycles. The zero-order chi connectivity index (χ0) is 18.0. The molecule has 1 aromatic heterocycles. The van der Waals surface area contributed by atoms with E-state index in [4.69, 9.17) is 4.74 Å². The quantitative estimate of drug-likeness (QED) is 0.722. The number of amides is 2. The maximum absolute atomic E-state index is 12.4. The zero-order valence-electron chi connectivity index (χ0n) is 14.3. The average Bonchev–Trinajstić information content (AvgIpc) is 2.95. The topological polar surface area (TPSA) is 72.4 Å². The molecule has 0 aliphatic rings. The third-order valence-electron chi connectivity index (χ3n) is 4.07. The van der Waals surface area contributed by atoms with Crippen LogP contribution in [0.4, 0.5) is 0 Å². The van der Waals surface area contributed by atoms with Gasteiger partial charge in [-0.25, -0.2) is 0 Å². The molecule has 1 heterocycles. The Morgan fingerprint density at radius 1 is 0.960 bits per heavy atom. The SMILES string of the molecule is COc1ccc(C(=O)NNC(=O)c2cc3cc(C)ccc3n2C)cc1. The molecule has 0 saturated carbocycles. The van der Waals surface area contributed by atoms with Crippen LogP contribution < -0.4 is 15.6 Å². The Morgan fingerprint density at radius 2 is 1.64 bits per heavy atom. The van der Waals surface area contributed by atoms with E-state index in [0.717, 1.165) is 16.5 Å². The molecule has 2 amide bonds.